The molecule has 0 radical (unpaired) electrons. The molecule has 1 fully saturated rings. The number of benzene rings is 2. The summed E-state index contributed by atoms with van der Waals surface area (Å²) in [6.07, 6.45) is 0. The molecule has 9 heteroatoms. The first kappa shape index (κ1) is 22.8. The lowest BCUT2D eigenvalue weighted by molar-refractivity contribution is 0.0977. The third kappa shape index (κ3) is 5.43. The molecule has 2 N–H and O–H groups in total. The van der Waals surface area contributed by atoms with Crippen LogP contribution in [0.5, 0.6) is 5.75 Å². The van der Waals surface area contributed by atoms with Crippen LogP contribution in [0.3, 0.4) is 0 Å². The van der Waals surface area contributed by atoms with Gasteiger partial charge in [0.1, 0.15) is 5.75 Å². The summed E-state index contributed by atoms with van der Waals surface area (Å²) >= 11 is 15.3. The highest BCUT2D eigenvalue weighted by Crippen LogP contribution is 2.34. The van der Waals surface area contributed by atoms with Crippen LogP contribution < -0.4 is 20.3 Å². The van der Waals surface area contributed by atoms with Crippen molar-refractivity contribution in [3.8, 4) is 5.75 Å². The van der Waals surface area contributed by atoms with Gasteiger partial charge in [0.15, 0.2) is 5.11 Å². The fourth-order valence-corrected chi connectivity index (χ4v) is 4.40. The van der Waals surface area contributed by atoms with Crippen LogP contribution in [-0.4, -0.2) is 55.8 Å². The van der Waals surface area contributed by atoms with E-state index in [0.29, 0.717) is 20.8 Å². The molecule has 1 heterocycles. The highest BCUT2D eigenvalue weighted by Gasteiger charge is 2.21. The minimum atomic E-state index is -0.309. The van der Waals surface area contributed by atoms with Crippen molar-refractivity contribution in [2.45, 2.75) is 6.92 Å². The van der Waals surface area contributed by atoms with E-state index in [1.54, 1.807) is 25.3 Å². The SMILES string of the molecule is CCN1CCN(c2c(Cl)cccc2NC(=S)NC(=O)c2ccc(OC)c(Br)c2)CC1. The number of carbonyl (C=O) groups is 1. The molecule has 1 saturated heterocycles. The van der Waals surface area contributed by atoms with Gasteiger partial charge in [0.2, 0.25) is 0 Å². The van der Waals surface area contributed by atoms with E-state index in [4.69, 9.17) is 28.6 Å². The lowest BCUT2D eigenvalue weighted by Crippen LogP contribution is -2.46. The molecule has 0 unspecified atom stereocenters. The predicted molar refractivity (Wildman–Crippen MR) is 130 cm³/mol. The summed E-state index contributed by atoms with van der Waals surface area (Å²) in [7, 11) is 1.57. The molecule has 0 saturated carbocycles. The Morgan fingerprint density at radius 1 is 1.23 bits per heavy atom. The van der Waals surface area contributed by atoms with Crippen molar-refractivity contribution in [3.05, 3.63) is 51.5 Å². The quantitative estimate of drug-likeness (QED) is 0.581. The Morgan fingerprint density at radius 2 is 1.97 bits per heavy atom. The fourth-order valence-electron chi connectivity index (χ4n) is 3.36. The first-order valence-electron chi connectivity index (χ1n) is 9.64. The largest absolute Gasteiger partial charge is 0.496 e. The molecule has 0 aromatic heterocycles. The molecule has 0 bridgehead atoms. The maximum Gasteiger partial charge on any atom is 0.257 e. The van der Waals surface area contributed by atoms with Gasteiger partial charge in [-0.3, -0.25) is 10.1 Å². The number of amides is 1. The Labute approximate surface area is 195 Å². The Morgan fingerprint density at radius 3 is 2.60 bits per heavy atom. The van der Waals surface area contributed by atoms with Crippen molar-refractivity contribution < 1.29 is 9.53 Å². The second kappa shape index (κ2) is 10.4. The fraction of sp³-hybridized carbons (Fsp3) is 0.333. The van der Waals surface area contributed by atoms with Crippen LogP contribution in [0.4, 0.5) is 11.4 Å². The molecular formula is C21H24BrClN4O2S. The zero-order valence-electron chi connectivity index (χ0n) is 16.9. The van der Waals surface area contributed by atoms with Crippen molar-refractivity contribution in [2.24, 2.45) is 0 Å². The van der Waals surface area contributed by atoms with Crippen molar-refractivity contribution in [3.63, 3.8) is 0 Å². The molecule has 3 rings (SSSR count). The minimum absolute atomic E-state index is 0.211. The molecular weight excluding hydrogens is 488 g/mol. The summed E-state index contributed by atoms with van der Waals surface area (Å²) in [4.78, 5) is 17.2. The lowest BCUT2D eigenvalue weighted by atomic mass is 10.2. The monoisotopic (exact) mass is 510 g/mol. The van der Waals surface area contributed by atoms with Crippen molar-refractivity contribution in [2.75, 3.05) is 50.1 Å². The van der Waals surface area contributed by atoms with Crippen LogP contribution in [-0.2, 0) is 0 Å². The number of hydrogen-bond acceptors (Lipinski definition) is 5. The second-order valence-electron chi connectivity index (χ2n) is 6.81. The van der Waals surface area contributed by atoms with Gasteiger partial charge in [0.25, 0.3) is 5.91 Å². The Balaban J connectivity index is 1.70. The van der Waals surface area contributed by atoms with Gasteiger partial charge in [-0.25, -0.2) is 0 Å². The van der Waals surface area contributed by atoms with Gasteiger partial charge in [0, 0.05) is 31.7 Å². The number of methoxy groups -OCH3 is 1. The zero-order valence-corrected chi connectivity index (χ0v) is 20.0. The Bertz CT molecular complexity index is 935. The van der Waals surface area contributed by atoms with Crippen molar-refractivity contribution in [1.29, 1.82) is 0 Å². The number of nitrogens with zero attached hydrogens (tertiary/aromatic N) is 2. The van der Waals surface area contributed by atoms with E-state index < -0.39 is 0 Å². The molecule has 1 aliphatic heterocycles. The number of thiocarbonyl (C=S) groups is 1. The van der Waals surface area contributed by atoms with Gasteiger partial charge in [-0.2, -0.15) is 0 Å². The summed E-state index contributed by atoms with van der Waals surface area (Å²) in [6, 6.07) is 10.7. The Hall–Kier alpha value is -1.87. The van der Waals surface area contributed by atoms with Crippen molar-refractivity contribution >= 4 is 62.1 Å². The molecule has 2 aromatic carbocycles. The van der Waals surface area contributed by atoms with E-state index in [1.807, 2.05) is 18.2 Å². The normalized spacial score (nSPS) is 14.3. The third-order valence-corrected chi connectivity index (χ3v) is 6.14. The molecule has 1 amide bonds. The number of anilines is 2. The number of halogens is 2. The third-order valence-electron chi connectivity index (χ3n) is 5.01. The van der Waals surface area contributed by atoms with E-state index in [0.717, 1.165) is 44.1 Å². The second-order valence-corrected chi connectivity index (χ2v) is 8.48. The summed E-state index contributed by atoms with van der Waals surface area (Å²) in [5.41, 5.74) is 2.14. The van der Waals surface area contributed by atoms with E-state index in [-0.39, 0.29) is 11.0 Å². The molecule has 1 aliphatic rings. The summed E-state index contributed by atoms with van der Waals surface area (Å²) in [6.45, 7) is 6.93. The van der Waals surface area contributed by atoms with Gasteiger partial charge >= 0.3 is 0 Å². The highest BCUT2D eigenvalue weighted by molar-refractivity contribution is 9.10. The minimum Gasteiger partial charge on any atom is -0.496 e. The maximum absolute atomic E-state index is 12.6. The number of rotatable bonds is 5. The van der Waals surface area contributed by atoms with E-state index in [2.05, 4.69) is 43.3 Å². The number of piperazine rings is 1. The van der Waals surface area contributed by atoms with Crippen LogP contribution in [0.25, 0.3) is 0 Å². The molecule has 6 nitrogen and oxygen atoms in total. The smallest absolute Gasteiger partial charge is 0.257 e. The first-order chi connectivity index (χ1) is 14.4. The highest BCUT2D eigenvalue weighted by atomic mass is 79.9. The topological polar surface area (TPSA) is 56.8 Å². The number of ether oxygens (including phenoxy) is 1. The van der Waals surface area contributed by atoms with Crippen LogP contribution in [0, 0.1) is 0 Å². The van der Waals surface area contributed by atoms with Gasteiger partial charge in [-0.15, -0.1) is 0 Å². The van der Waals surface area contributed by atoms with Gasteiger partial charge in [-0.05, 0) is 65.0 Å². The number of carbonyl (C=O) groups excluding carboxylic acids is 1. The average molecular weight is 512 g/mol. The van der Waals surface area contributed by atoms with Gasteiger partial charge < -0.3 is 19.9 Å². The molecule has 30 heavy (non-hydrogen) atoms. The number of hydrogen-bond donors (Lipinski definition) is 2. The standard InChI is InChI=1S/C21H24BrClN4O2S/c1-3-26-9-11-27(12-10-26)19-16(23)5-4-6-17(19)24-21(30)25-20(28)14-7-8-18(29-2)15(22)13-14/h4-8,13H,3,9-12H2,1-2H3,(H2,24,25,28,30). The number of para-hydroxylation sites is 1. The molecule has 0 atom stereocenters. The van der Waals surface area contributed by atoms with Gasteiger partial charge in [-0.1, -0.05) is 24.6 Å². The number of nitrogens with one attached hydrogen (secondary N) is 2. The summed E-state index contributed by atoms with van der Waals surface area (Å²) < 4.78 is 5.89. The Kier molecular flexibility index (Phi) is 7.93. The molecule has 160 valence electrons. The van der Waals surface area contributed by atoms with Crippen LogP contribution in [0.1, 0.15) is 17.3 Å². The number of likely N-dealkylation sites (N-methyl/N-ethyl adjacent to an activating group) is 1. The van der Waals surface area contributed by atoms with E-state index in [9.17, 15) is 4.79 Å². The molecule has 0 spiro atoms. The van der Waals surface area contributed by atoms with Crippen LogP contribution >= 0.6 is 39.7 Å². The van der Waals surface area contributed by atoms with Crippen molar-refractivity contribution in [1.82, 2.24) is 10.2 Å². The lowest BCUT2D eigenvalue weighted by Gasteiger charge is -2.37. The summed E-state index contributed by atoms with van der Waals surface area (Å²) in [5, 5.41) is 6.72. The first-order valence-corrected chi connectivity index (χ1v) is 11.2. The molecule has 0 aliphatic carbocycles. The average Bonchev–Trinajstić information content (AvgIpc) is 2.74. The zero-order chi connectivity index (χ0) is 21.7. The molecule has 2 aromatic rings. The predicted octanol–water partition coefficient (Wildman–Crippen LogP) is 4.38. The maximum atomic E-state index is 12.6. The van der Waals surface area contributed by atoms with E-state index in [1.165, 1.54) is 0 Å². The van der Waals surface area contributed by atoms with Gasteiger partial charge in [0.05, 0.1) is 28.0 Å². The van der Waals surface area contributed by atoms with Crippen LogP contribution in [0.2, 0.25) is 5.02 Å². The van der Waals surface area contributed by atoms with Crippen LogP contribution in [0.15, 0.2) is 40.9 Å². The van der Waals surface area contributed by atoms with E-state index >= 15 is 0 Å². The summed E-state index contributed by atoms with van der Waals surface area (Å²) in [5.74, 6) is 0.343.